The van der Waals surface area contributed by atoms with E-state index in [9.17, 15) is 19.2 Å². The molecule has 13 nitrogen and oxygen atoms in total. The summed E-state index contributed by atoms with van der Waals surface area (Å²) in [6.07, 6.45) is 4.60. The fraction of sp³-hybridized carbons (Fsp3) is 0.278. The van der Waals surface area contributed by atoms with Crippen LogP contribution in [-0.4, -0.2) is 88.6 Å². The Hall–Kier alpha value is -5.12. The maximum absolute atomic E-state index is 11.6. The lowest BCUT2D eigenvalue weighted by Gasteiger charge is -2.18. The third kappa shape index (κ3) is 12.0. The number of hydrogen-bond acceptors (Lipinski definition) is 12. The monoisotopic (exact) mass is 732 g/mol. The molecule has 2 fully saturated rings. The SMILES string of the molecule is CN(CCOc1ccc(CC2SC(=O)NC2=O)cc1)c1ccccn1.CN(CCOc1ccc(CC2SC(=O)NC2=O)cc1)c1ccccn1.O. The second kappa shape index (κ2) is 19.3. The van der Waals surface area contributed by atoms with Gasteiger partial charge in [-0.25, -0.2) is 9.97 Å². The normalized spacial score (nSPS) is 16.3. The number of carbonyl (C=O) groups is 4. The van der Waals surface area contributed by atoms with Gasteiger partial charge in [-0.15, -0.1) is 0 Å². The summed E-state index contributed by atoms with van der Waals surface area (Å²) in [5.41, 5.74) is 2.00. The van der Waals surface area contributed by atoms with Crippen LogP contribution in [0.5, 0.6) is 11.5 Å². The van der Waals surface area contributed by atoms with Gasteiger partial charge in [-0.2, -0.15) is 0 Å². The molecule has 2 aromatic carbocycles. The van der Waals surface area contributed by atoms with Crippen LogP contribution in [0.2, 0.25) is 0 Å². The number of nitrogens with zero attached hydrogens (tertiary/aromatic N) is 4. The predicted octanol–water partition coefficient (Wildman–Crippen LogP) is 4.16. The minimum Gasteiger partial charge on any atom is -0.492 e. The molecule has 4 aromatic rings. The highest BCUT2D eigenvalue weighted by Gasteiger charge is 2.32. The molecule has 268 valence electrons. The van der Waals surface area contributed by atoms with E-state index < -0.39 is 0 Å². The summed E-state index contributed by atoms with van der Waals surface area (Å²) in [7, 11) is 3.95. The number of imide groups is 2. The van der Waals surface area contributed by atoms with Gasteiger partial charge >= 0.3 is 0 Å². The number of benzene rings is 2. The number of amides is 4. The molecule has 6 rings (SSSR count). The Morgan fingerprint density at radius 2 is 1.00 bits per heavy atom. The first-order valence-corrected chi connectivity index (χ1v) is 17.7. The number of ether oxygens (including phenoxy) is 2. The molecular weight excluding hydrogens is 693 g/mol. The van der Waals surface area contributed by atoms with Gasteiger partial charge in [-0.1, -0.05) is 59.9 Å². The van der Waals surface area contributed by atoms with Gasteiger partial charge < -0.3 is 24.7 Å². The Balaban J connectivity index is 0.000000224. The van der Waals surface area contributed by atoms with Crippen molar-refractivity contribution in [1.29, 1.82) is 0 Å². The van der Waals surface area contributed by atoms with Gasteiger partial charge in [0.1, 0.15) is 36.3 Å². The number of rotatable bonds is 14. The molecule has 0 saturated carbocycles. The summed E-state index contributed by atoms with van der Waals surface area (Å²) in [6.45, 7) is 2.53. The Morgan fingerprint density at radius 3 is 1.31 bits per heavy atom. The van der Waals surface area contributed by atoms with Crippen molar-refractivity contribution >= 4 is 57.5 Å². The minimum atomic E-state index is -0.341. The first-order chi connectivity index (χ1) is 24.2. The number of aromatic nitrogens is 2. The van der Waals surface area contributed by atoms with Gasteiger partial charge in [0, 0.05) is 26.5 Å². The van der Waals surface area contributed by atoms with Crippen LogP contribution in [0, 0.1) is 0 Å². The van der Waals surface area contributed by atoms with Crippen LogP contribution in [0.3, 0.4) is 0 Å². The van der Waals surface area contributed by atoms with E-state index in [1.54, 1.807) is 12.4 Å². The molecule has 2 aliphatic rings. The Morgan fingerprint density at radius 1 is 0.608 bits per heavy atom. The van der Waals surface area contributed by atoms with E-state index in [1.807, 2.05) is 109 Å². The van der Waals surface area contributed by atoms with Gasteiger partial charge in [0.05, 0.1) is 23.6 Å². The summed E-state index contributed by atoms with van der Waals surface area (Å²) >= 11 is 2.09. The number of anilines is 2. The largest absolute Gasteiger partial charge is 0.492 e. The molecule has 2 atom stereocenters. The quantitative estimate of drug-likeness (QED) is 0.190. The standard InChI is InChI=1S/2C18H19N3O3S.H2O/c2*1-21(16-4-2-3-9-19-16)10-11-24-14-7-5-13(6-8-14)12-15-17(22)20-18(23)25-15;/h2*2-9,15H,10-12H2,1H3,(H,20,22,23);1H2. The summed E-state index contributed by atoms with van der Waals surface area (Å²) in [4.78, 5) is 58.2. The molecule has 0 radical (unpaired) electrons. The average Bonchev–Trinajstić information content (AvgIpc) is 3.63. The number of carbonyl (C=O) groups excluding carboxylic acids is 4. The molecule has 0 aliphatic carbocycles. The second-order valence-electron chi connectivity index (χ2n) is 11.4. The van der Waals surface area contributed by atoms with Crippen molar-refractivity contribution in [2.24, 2.45) is 0 Å². The molecular formula is C36H40N6O7S2. The van der Waals surface area contributed by atoms with E-state index in [0.717, 1.165) is 70.9 Å². The van der Waals surface area contributed by atoms with Crippen molar-refractivity contribution in [3.8, 4) is 11.5 Å². The van der Waals surface area contributed by atoms with Crippen molar-refractivity contribution in [2.75, 3.05) is 50.2 Å². The lowest BCUT2D eigenvalue weighted by molar-refractivity contribution is -0.119. The average molecular weight is 733 g/mol. The van der Waals surface area contributed by atoms with Crippen LogP contribution in [0.15, 0.2) is 97.3 Å². The highest BCUT2D eigenvalue weighted by atomic mass is 32.2. The van der Waals surface area contributed by atoms with E-state index >= 15 is 0 Å². The molecule has 0 bridgehead atoms. The summed E-state index contributed by atoms with van der Waals surface area (Å²) in [5, 5.41) is 3.38. The fourth-order valence-corrected chi connectivity index (χ4v) is 6.64. The lowest BCUT2D eigenvalue weighted by atomic mass is 10.1. The van der Waals surface area contributed by atoms with Crippen LogP contribution in [-0.2, 0) is 22.4 Å². The van der Waals surface area contributed by atoms with E-state index in [1.165, 1.54) is 0 Å². The summed E-state index contributed by atoms with van der Waals surface area (Å²) in [6, 6.07) is 26.8. The zero-order valence-electron chi connectivity index (χ0n) is 28.2. The first kappa shape index (κ1) is 38.7. The van der Waals surface area contributed by atoms with Crippen LogP contribution < -0.4 is 29.9 Å². The van der Waals surface area contributed by atoms with E-state index in [0.29, 0.717) is 26.1 Å². The topological polar surface area (TPSA) is 175 Å². The van der Waals surface area contributed by atoms with Crippen molar-refractivity contribution < 1.29 is 34.1 Å². The zero-order chi connectivity index (χ0) is 35.3. The maximum atomic E-state index is 11.6. The molecule has 51 heavy (non-hydrogen) atoms. The van der Waals surface area contributed by atoms with Gasteiger partial charge in [0.2, 0.25) is 11.8 Å². The third-order valence-corrected chi connectivity index (χ3v) is 9.66. The molecule has 2 aliphatic heterocycles. The fourth-order valence-electron chi connectivity index (χ4n) is 4.92. The molecule has 4 N–H and O–H groups in total. The van der Waals surface area contributed by atoms with Gasteiger partial charge in [0.25, 0.3) is 10.5 Å². The highest BCUT2D eigenvalue weighted by Crippen LogP contribution is 2.25. The summed E-state index contributed by atoms with van der Waals surface area (Å²) in [5.74, 6) is 2.93. The van der Waals surface area contributed by atoms with Crippen molar-refractivity contribution in [1.82, 2.24) is 20.6 Å². The zero-order valence-corrected chi connectivity index (χ0v) is 29.8. The molecule has 4 amide bonds. The molecule has 0 spiro atoms. The number of hydrogen-bond donors (Lipinski definition) is 2. The van der Waals surface area contributed by atoms with E-state index in [4.69, 9.17) is 9.47 Å². The molecule has 2 aromatic heterocycles. The van der Waals surface area contributed by atoms with Crippen LogP contribution in [0.4, 0.5) is 21.2 Å². The van der Waals surface area contributed by atoms with Crippen molar-refractivity contribution in [3.63, 3.8) is 0 Å². The second-order valence-corrected chi connectivity index (χ2v) is 13.7. The molecule has 2 unspecified atom stereocenters. The van der Waals surface area contributed by atoms with Gasteiger partial charge in [0.15, 0.2) is 0 Å². The van der Waals surface area contributed by atoms with Crippen LogP contribution in [0.25, 0.3) is 0 Å². The minimum absolute atomic E-state index is 0. The van der Waals surface area contributed by atoms with Crippen molar-refractivity contribution in [3.05, 3.63) is 108 Å². The van der Waals surface area contributed by atoms with Crippen LogP contribution in [0.1, 0.15) is 11.1 Å². The van der Waals surface area contributed by atoms with E-state index in [-0.39, 0.29) is 38.3 Å². The number of likely N-dealkylation sites (N-methyl/N-ethyl adjacent to an activating group) is 2. The van der Waals surface area contributed by atoms with Crippen LogP contribution >= 0.6 is 23.5 Å². The molecule has 4 heterocycles. The lowest BCUT2D eigenvalue weighted by Crippen LogP contribution is -2.25. The number of thioether (sulfide) groups is 2. The summed E-state index contributed by atoms with van der Waals surface area (Å²) < 4.78 is 11.5. The smallest absolute Gasteiger partial charge is 0.286 e. The molecule has 15 heteroatoms. The number of nitrogens with one attached hydrogen (secondary N) is 2. The highest BCUT2D eigenvalue weighted by molar-refractivity contribution is 8.15. The number of pyridine rings is 2. The first-order valence-electron chi connectivity index (χ1n) is 15.9. The maximum Gasteiger partial charge on any atom is 0.286 e. The van der Waals surface area contributed by atoms with E-state index in [2.05, 4.69) is 20.6 Å². The Labute approximate surface area is 304 Å². The van der Waals surface area contributed by atoms with Crippen molar-refractivity contribution in [2.45, 2.75) is 23.3 Å². The Bertz CT molecular complexity index is 1610. The van der Waals surface area contributed by atoms with Gasteiger partial charge in [-0.05, 0) is 72.5 Å². The Kier molecular flexibility index (Phi) is 14.7. The predicted molar refractivity (Wildman–Crippen MR) is 200 cm³/mol. The third-order valence-electron chi connectivity index (χ3n) is 7.69. The van der Waals surface area contributed by atoms with Gasteiger partial charge in [-0.3, -0.25) is 29.8 Å². The molecule has 2 saturated heterocycles.